The first-order valence-electron chi connectivity index (χ1n) is 4.26. The zero-order chi connectivity index (χ0) is 10.1. The normalized spacial score (nSPS) is 15.9. The number of hydrogen-bond acceptors (Lipinski definition) is 1. The van der Waals surface area contributed by atoms with E-state index in [0.29, 0.717) is 12.1 Å². The molecule has 1 aromatic rings. The summed E-state index contributed by atoms with van der Waals surface area (Å²) in [5.41, 5.74) is 0.604. The number of rotatable bonds is 3. The number of aliphatic carboxylic acids is 1. The minimum atomic E-state index is -0.912. The fourth-order valence-corrected chi connectivity index (χ4v) is 1.38. The van der Waals surface area contributed by atoms with Crippen molar-refractivity contribution < 1.29 is 18.9 Å². The first kappa shape index (κ1) is 8.87. The third-order valence-corrected chi connectivity index (χ3v) is 2.14. The van der Waals surface area contributed by atoms with E-state index in [-0.39, 0.29) is 5.82 Å². The summed E-state index contributed by atoms with van der Waals surface area (Å²) in [6.07, 6.45) is 1.79. The molecule has 0 aromatic heterocycles. The van der Waals surface area contributed by atoms with Crippen molar-refractivity contribution in [3.8, 4) is 0 Å². The van der Waals surface area contributed by atoms with Gasteiger partial charge in [-0.3, -0.25) is 0 Å². The van der Waals surface area contributed by atoms with Crippen LogP contribution in [-0.2, 0) is 4.79 Å². The third kappa shape index (κ3) is 1.64. The zero-order valence-corrected chi connectivity index (χ0v) is 7.35. The first-order valence-corrected chi connectivity index (χ1v) is 4.26. The molecular weight excluding hydrogens is 185 g/mol. The Hall–Kier alpha value is -1.71. The molecule has 0 radical (unpaired) electrons. The van der Waals surface area contributed by atoms with Crippen LogP contribution < -0.4 is 0 Å². The van der Waals surface area contributed by atoms with E-state index in [1.54, 1.807) is 10.8 Å². The summed E-state index contributed by atoms with van der Waals surface area (Å²) in [5, 5.41) is 8.95. The van der Waals surface area contributed by atoms with Crippen LogP contribution in [0.1, 0.15) is 11.6 Å². The number of carbonyl (C=O) groups is 1. The Morgan fingerprint density at radius 1 is 1.43 bits per heavy atom. The molecule has 0 aliphatic carbocycles. The standard InChI is InChI=1S/C10H8FNO2/c11-8-3-1-7(2-4-8)9(10(13)14)12-5-6-12/h1-5,9H,6H2/p+1. The maximum absolute atomic E-state index is 12.6. The number of halogens is 1. The highest BCUT2D eigenvalue weighted by molar-refractivity contribution is 5.76. The van der Waals surface area contributed by atoms with Crippen molar-refractivity contribution in [3.63, 3.8) is 0 Å². The number of carboxylic acid groups (broad SMARTS) is 1. The number of nitrogens with zero attached hydrogens (tertiary/aromatic N) is 1. The lowest BCUT2D eigenvalue weighted by Gasteiger charge is -2.03. The largest absolute Gasteiger partial charge is 0.476 e. The molecule has 1 aliphatic heterocycles. The molecule has 1 unspecified atom stereocenters. The van der Waals surface area contributed by atoms with Crippen molar-refractivity contribution >= 4 is 12.2 Å². The van der Waals surface area contributed by atoms with Crippen molar-refractivity contribution in [2.75, 3.05) is 6.54 Å². The van der Waals surface area contributed by atoms with Gasteiger partial charge in [0.1, 0.15) is 5.82 Å². The molecule has 0 spiro atoms. The highest BCUT2D eigenvalue weighted by atomic mass is 19.1. The fourth-order valence-electron chi connectivity index (χ4n) is 1.38. The molecule has 1 N–H and O–H groups in total. The highest BCUT2D eigenvalue weighted by Crippen LogP contribution is 2.20. The molecule has 0 saturated carbocycles. The predicted octanol–water partition coefficient (Wildman–Crippen LogP) is 1.05. The average molecular weight is 194 g/mol. The molecule has 2 rings (SSSR count). The van der Waals surface area contributed by atoms with Gasteiger partial charge in [-0.05, 0) is 24.3 Å². The van der Waals surface area contributed by atoms with Crippen LogP contribution in [0.5, 0.6) is 0 Å². The summed E-state index contributed by atoms with van der Waals surface area (Å²) < 4.78 is 14.3. The Kier molecular flexibility index (Phi) is 2.04. The number of carboxylic acids is 1. The lowest BCUT2D eigenvalue weighted by Crippen LogP contribution is -2.17. The molecule has 0 amide bonds. The fraction of sp³-hybridized carbons (Fsp3) is 0.200. The quantitative estimate of drug-likeness (QED) is 0.730. The van der Waals surface area contributed by atoms with Gasteiger partial charge in [0, 0.05) is 5.56 Å². The van der Waals surface area contributed by atoms with E-state index >= 15 is 0 Å². The summed E-state index contributed by atoms with van der Waals surface area (Å²) in [6, 6.07) is 4.87. The number of benzene rings is 1. The Morgan fingerprint density at radius 3 is 2.43 bits per heavy atom. The predicted molar refractivity (Wildman–Crippen MR) is 48.0 cm³/mol. The molecule has 72 valence electrons. The molecule has 14 heavy (non-hydrogen) atoms. The van der Waals surface area contributed by atoms with E-state index in [2.05, 4.69) is 0 Å². The van der Waals surface area contributed by atoms with E-state index in [9.17, 15) is 9.18 Å². The van der Waals surface area contributed by atoms with Gasteiger partial charge in [-0.2, -0.15) is 0 Å². The molecule has 1 atom stereocenters. The molecule has 1 heterocycles. The SMILES string of the molecule is O=C(O)C(c1ccc(F)cc1)[N+]1=CC1. The van der Waals surface area contributed by atoms with E-state index in [4.69, 9.17) is 5.11 Å². The van der Waals surface area contributed by atoms with Crippen LogP contribution in [0, 0.1) is 5.82 Å². The summed E-state index contributed by atoms with van der Waals surface area (Å²) in [6.45, 7) is 0.675. The first-order chi connectivity index (χ1) is 6.68. The van der Waals surface area contributed by atoms with Crippen molar-refractivity contribution in [2.24, 2.45) is 0 Å². The molecule has 1 aromatic carbocycles. The van der Waals surface area contributed by atoms with Crippen molar-refractivity contribution in [1.29, 1.82) is 0 Å². The van der Waals surface area contributed by atoms with Crippen LogP contribution >= 0.6 is 0 Å². The smallest absolute Gasteiger partial charge is 0.378 e. The molecule has 3 nitrogen and oxygen atoms in total. The van der Waals surface area contributed by atoms with E-state index in [1.165, 1.54) is 24.3 Å². The second-order valence-corrected chi connectivity index (χ2v) is 3.17. The highest BCUT2D eigenvalue weighted by Gasteiger charge is 2.36. The Labute approximate surface area is 80.1 Å². The third-order valence-electron chi connectivity index (χ3n) is 2.14. The van der Waals surface area contributed by atoms with Gasteiger partial charge in [0.15, 0.2) is 0 Å². The van der Waals surface area contributed by atoms with Gasteiger partial charge in [0.2, 0.25) is 12.8 Å². The van der Waals surface area contributed by atoms with E-state index < -0.39 is 12.0 Å². The number of hydrogen-bond donors (Lipinski definition) is 1. The minimum Gasteiger partial charge on any atom is -0.476 e. The van der Waals surface area contributed by atoms with Gasteiger partial charge in [0.25, 0.3) is 6.04 Å². The second-order valence-electron chi connectivity index (χ2n) is 3.17. The summed E-state index contributed by atoms with van der Waals surface area (Å²) in [4.78, 5) is 10.9. The Balaban J connectivity index is 2.31. The summed E-state index contributed by atoms with van der Waals surface area (Å²) in [7, 11) is 0. The van der Waals surface area contributed by atoms with Gasteiger partial charge >= 0.3 is 5.97 Å². The molecular formula is C10H9FNO2+. The van der Waals surface area contributed by atoms with Crippen LogP contribution in [0.25, 0.3) is 0 Å². The van der Waals surface area contributed by atoms with Crippen molar-refractivity contribution in [1.82, 2.24) is 0 Å². The van der Waals surface area contributed by atoms with Crippen LogP contribution in [0.2, 0.25) is 0 Å². The van der Waals surface area contributed by atoms with Crippen LogP contribution in [0.15, 0.2) is 24.3 Å². The minimum absolute atomic E-state index is 0.354. The average Bonchev–Trinajstić information content (AvgIpc) is 2.92. The van der Waals surface area contributed by atoms with Crippen molar-refractivity contribution in [3.05, 3.63) is 35.6 Å². The van der Waals surface area contributed by atoms with Crippen LogP contribution in [-0.4, -0.2) is 28.4 Å². The lowest BCUT2D eigenvalue weighted by atomic mass is 10.1. The molecule has 0 bridgehead atoms. The molecule has 1 aliphatic rings. The summed E-state index contributed by atoms with van der Waals surface area (Å²) in [5.74, 6) is -1.27. The van der Waals surface area contributed by atoms with Gasteiger partial charge in [0.05, 0.1) is 0 Å². The second kappa shape index (κ2) is 3.21. The maximum Gasteiger partial charge on any atom is 0.378 e. The summed E-state index contributed by atoms with van der Waals surface area (Å²) >= 11 is 0. The van der Waals surface area contributed by atoms with Crippen molar-refractivity contribution in [2.45, 2.75) is 6.04 Å². The van der Waals surface area contributed by atoms with Gasteiger partial charge < -0.3 is 5.11 Å². The Bertz CT molecular complexity index is 395. The molecule has 4 heteroatoms. The monoisotopic (exact) mass is 194 g/mol. The lowest BCUT2D eigenvalue weighted by molar-refractivity contribution is -0.478. The van der Waals surface area contributed by atoms with Gasteiger partial charge in [-0.25, -0.2) is 13.8 Å². The van der Waals surface area contributed by atoms with Gasteiger partial charge in [-0.1, -0.05) is 0 Å². The van der Waals surface area contributed by atoms with E-state index in [0.717, 1.165) is 0 Å². The molecule has 0 fully saturated rings. The topological polar surface area (TPSA) is 40.3 Å². The van der Waals surface area contributed by atoms with Gasteiger partial charge in [-0.15, -0.1) is 0 Å². The van der Waals surface area contributed by atoms with E-state index in [1.807, 2.05) is 0 Å². The zero-order valence-electron chi connectivity index (χ0n) is 7.35. The van der Waals surface area contributed by atoms with Crippen LogP contribution in [0.3, 0.4) is 0 Å². The maximum atomic E-state index is 12.6. The molecule has 0 saturated heterocycles. The Morgan fingerprint density at radius 2 is 2.00 bits per heavy atom. The van der Waals surface area contributed by atoms with Crippen LogP contribution in [0.4, 0.5) is 4.39 Å².